The lowest BCUT2D eigenvalue weighted by molar-refractivity contribution is -0.125. The number of amides is 4. The van der Waals surface area contributed by atoms with Crippen molar-refractivity contribution in [2.75, 3.05) is 4.90 Å². The Morgan fingerprint density at radius 3 is 1.92 bits per heavy atom. The molecule has 4 amide bonds. The second-order valence-corrected chi connectivity index (χ2v) is 5.75. The minimum absolute atomic E-state index is 0.116. The SMILES string of the molecule is O=C1CC(c2ccc(N3C(=O)c4ccccc4C3=O)cc2)C(=O)N1. The fourth-order valence-electron chi connectivity index (χ4n) is 3.10. The number of imide groups is 2. The molecule has 118 valence electrons. The Bertz CT molecular complexity index is 866. The molecule has 6 heteroatoms. The predicted octanol–water partition coefficient (Wildman–Crippen LogP) is 1.62. The van der Waals surface area contributed by atoms with E-state index in [1.165, 1.54) is 0 Å². The van der Waals surface area contributed by atoms with Crippen molar-refractivity contribution < 1.29 is 19.2 Å². The molecule has 1 unspecified atom stereocenters. The van der Waals surface area contributed by atoms with E-state index in [9.17, 15) is 19.2 Å². The summed E-state index contributed by atoms with van der Waals surface area (Å²) in [7, 11) is 0. The summed E-state index contributed by atoms with van der Waals surface area (Å²) in [4.78, 5) is 49.0. The third-order valence-electron chi connectivity index (χ3n) is 4.32. The van der Waals surface area contributed by atoms with Gasteiger partial charge in [-0.1, -0.05) is 24.3 Å². The van der Waals surface area contributed by atoms with Crippen LogP contribution in [0.4, 0.5) is 5.69 Å². The first-order valence-electron chi connectivity index (χ1n) is 7.48. The van der Waals surface area contributed by atoms with Crippen LogP contribution in [0.5, 0.6) is 0 Å². The highest BCUT2D eigenvalue weighted by molar-refractivity contribution is 6.34. The van der Waals surface area contributed by atoms with Gasteiger partial charge in [0.15, 0.2) is 0 Å². The van der Waals surface area contributed by atoms with Crippen molar-refractivity contribution in [3.8, 4) is 0 Å². The van der Waals surface area contributed by atoms with Gasteiger partial charge < -0.3 is 0 Å². The number of carbonyl (C=O) groups excluding carboxylic acids is 4. The van der Waals surface area contributed by atoms with Crippen LogP contribution < -0.4 is 10.2 Å². The van der Waals surface area contributed by atoms with Crippen molar-refractivity contribution in [3.05, 3.63) is 65.2 Å². The summed E-state index contributed by atoms with van der Waals surface area (Å²) in [5, 5.41) is 2.26. The summed E-state index contributed by atoms with van der Waals surface area (Å²) in [6.45, 7) is 0. The van der Waals surface area contributed by atoms with Gasteiger partial charge in [-0.05, 0) is 29.8 Å². The molecule has 4 rings (SSSR count). The normalized spacial score (nSPS) is 19.7. The highest BCUT2D eigenvalue weighted by atomic mass is 16.2. The van der Waals surface area contributed by atoms with Gasteiger partial charge in [0.05, 0.1) is 22.7 Å². The Morgan fingerprint density at radius 1 is 0.833 bits per heavy atom. The summed E-state index contributed by atoms with van der Waals surface area (Å²) in [5.74, 6) is -1.87. The van der Waals surface area contributed by atoms with E-state index in [1.807, 2.05) is 0 Å². The van der Waals surface area contributed by atoms with Crippen LogP contribution in [0.1, 0.15) is 38.6 Å². The first kappa shape index (κ1) is 14.3. The third-order valence-corrected chi connectivity index (χ3v) is 4.32. The van der Waals surface area contributed by atoms with E-state index < -0.39 is 5.92 Å². The zero-order chi connectivity index (χ0) is 16.8. The van der Waals surface area contributed by atoms with Gasteiger partial charge in [0.25, 0.3) is 11.8 Å². The average Bonchev–Trinajstić information content (AvgIpc) is 3.05. The molecule has 2 aliphatic rings. The quantitative estimate of drug-likeness (QED) is 0.852. The molecule has 1 fully saturated rings. The van der Waals surface area contributed by atoms with Gasteiger partial charge in [-0.15, -0.1) is 0 Å². The molecule has 1 atom stereocenters. The molecule has 24 heavy (non-hydrogen) atoms. The van der Waals surface area contributed by atoms with Crippen LogP contribution in [0.15, 0.2) is 48.5 Å². The van der Waals surface area contributed by atoms with Crippen LogP contribution in [-0.2, 0) is 9.59 Å². The van der Waals surface area contributed by atoms with Gasteiger partial charge in [-0.25, -0.2) is 4.90 Å². The lowest BCUT2D eigenvalue weighted by atomic mass is 9.97. The van der Waals surface area contributed by atoms with Gasteiger partial charge in [-0.3, -0.25) is 24.5 Å². The topological polar surface area (TPSA) is 83.6 Å². The fourth-order valence-corrected chi connectivity index (χ4v) is 3.10. The molecule has 2 aromatic carbocycles. The van der Waals surface area contributed by atoms with Crippen molar-refractivity contribution in [1.29, 1.82) is 0 Å². The van der Waals surface area contributed by atoms with Gasteiger partial charge >= 0.3 is 0 Å². The Kier molecular flexibility index (Phi) is 3.06. The lowest BCUT2D eigenvalue weighted by Crippen LogP contribution is -2.29. The Hall–Kier alpha value is -3.28. The molecule has 1 N–H and O–H groups in total. The molecule has 0 spiro atoms. The molecule has 0 saturated carbocycles. The smallest absolute Gasteiger partial charge is 0.266 e. The number of hydrogen-bond donors (Lipinski definition) is 1. The second kappa shape index (κ2) is 5.13. The number of anilines is 1. The van der Waals surface area contributed by atoms with E-state index in [-0.39, 0.29) is 30.0 Å². The van der Waals surface area contributed by atoms with E-state index >= 15 is 0 Å². The standard InChI is InChI=1S/C18H12N2O4/c21-15-9-14(16(22)19-15)10-5-7-11(8-6-10)20-17(23)12-3-1-2-4-13(12)18(20)24/h1-8,14H,9H2,(H,19,21,22). The number of benzene rings is 2. The first-order chi connectivity index (χ1) is 11.6. The fraction of sp³-hybridized carbons (Fsp3) is 0.111. The van der Waals surface area contributed by atoms with Crippen molar-refractivity contribution in [3.63, 3.8) is 0 Å². The van der Waals surface area contributed by atoms with Crippen LogP contribution in [0.25, 0.3) is 0 Å². The molecule has 0 bridgehead atoms. The zero-order valence-corrected chi connectivity index (χ0v) is 12.5. The molecule has 2 aliphatic heterocycles. The van der Waals surface area contributed by atoms with E-state index in [4.69, 9.17) is 0 Å². The van der Waals surface area contributed by atoms with Crippen molar-refractivity contribution in [2.45, 2.75) is 12.3 Å². The zero-order valence-electron chi connectivity index (χ0n) is 12.5. The van der Waals surface area contributed by atoms with Crippen LogP contribution >= 0.6 is 0 Å². The summed E-state index contributed by atoms with van der Waals surface area (Å²) >= 11 is 0. The molecular formula is C18H12N2O4. The second-order valence-electron chi connectivity index (χ2n) is 5.75. The number of hydrogen-bond acceptors (Lipinski definition) is 4. The molecule has 6 nitrogen and oxygen atoms in total. The number of rotatable bonds is 2. The van der Waals surface area contributed by atoms with Crippen molar-refractivity contribution >= 4 is 29.3 Å². The maximum absolute atomic E-state index is 12.4. The maximum atomic E-state index is 12.4. The molecular weight excluding hydrogens is 308 g/mol. The van der Waals surface area contributed by atoms with Crippen LogP contribution in [0.3, 0.4) is 0 Å². The molecule has 1 saturated heterocycles. The Morgan fingerprint density at radius 2 is 1.42 bits per heavy atom. The van der Waals surface area contributed by atoms with Crippen molar-refractivity contribution in [2.24, 2.45) is 0 Å². The third kappa shape index (κ3) is 2.04. The van der Waals surface area contributed by atoms with Crippen LogP contribution in [0.2, 0.25) is 0 Å². The predicted molar refractivity (Wildman–Crippen MR) is 84.5 cm³/mol. The van der Waals surface area contributed by atoms with Crippen molar-refractivity contribution in [1.82, 2.24) is 5.32 Å². The average molecular weight is 320 g/mol. The monoisotopic (exact) mass is 320 g/mol. The first-order valence-corrected chi connectivity index (χ1v) is 7.48. The Labute approximate surface area is 137 Å². The van der Waals surface area contributed by atoms with Gasteiger partial charge in [0.2, 0.25) is 11.8 Å². The van der Waals surface area contributed by atoms with E-state index in [0.717, 1.165) is 4.90 Å². The number of nitrogens with one attached hydrogen (secondary N) is 1. The molecule has 0 aromatic heterocycles. The molecule has 0 radical (unpaired) electrons. The summed E-state index contributed by atoms with van der Waals surface area (Å²) < 4.78 is 0. The van der Waals surface area contributed by atoms with Gasteiger partial charge in [-0.2, -0.15) is 0 Å². The van der Waals surface area contributed by atoms with Crippen LogP contribution in [-0.4, -0.2) is 23.6 Å². The molecule has 2 heterocycles. The van der Waals surface area contributed by atoms with Gasteiger partial charge in [0.1, 0.15) is 0 Å². The molecule has 0 aliphatic carbocycles. The minimum Gasteiger partial charge on any atom is -0.296 e. The largest absolute Gasteiger partial charge is 0.296 e. The number of carbonyl (C=O) groups is 4. The highest BCUT2D eigenvalue weighted by Gasteiger charge is 2.37. The highest BCUT2D eigenvalue weighted by Crippen LogP contribution is 2.30. The maximum Gasteiger partial charge on any atom is 0.266 e. The van der Waals surface area contributed by atoms with E-state index in [0.29, 0.717) is 22.4 Å². The molecule has 2 aromatic rings. The lowest BCUT2D eigenvalue weighted by Gasteiger charge is -2.15. The van der Waals surface area contributed by atoms with E-state index in [1.54, 1.807) is 48.5 Å². The summed E-state index contributed by atoms with van der Waals surface area (Å²) in [6, 6.07) is 13.2. The van der Waals surface area contributed by atoms with Crippen LogP contribution in [0, 0.1) is 0 Å². The van der Waals surface area contributed by atoms with E-state index in [2.05, 4.69) is 5.32 Å². The minimum atomic E-state index is -0.520. The number of nitrogens with zero attached hydrogens (tertiary/aromatic N) is 1. The number of fused-ring (bicyclic) bond motifs is 1. The summed E-state index contributed by atoms with van der Waals surface area (Å²) in [6.07, 6.45) is 0.116. The Balaban J connectivity index is 1.65. The van der Waals surface area contributed by atoms with Gasteiger partial charge in [0, 0.05) is 6.42 Å². The summed E-state index contributed by atoms with van der Waals surface area (Å²) in [5.41, 5.74) is 1.88.